The number of aliphatic hydroxyl groups is 1. The van der Waals surface area contributed by atoms with Crippen molar-refractivity contribution < 1.29 is 19.0 Å². The van der Waals surface area contributed by atoms with Gasteiger partial charge in [0.25, 0.3) is 0 Å². The van der Waals surface area contributed by atoms with Gasteiger partial charge in [0.2, 0.25) is 0 Å². The van der Waals surface area contributed by atoms with Crippen LogP contribution in [0.3, 0.4) is 0 Å². The van der Waals surface area contributed by atoms with Crippen LogP contribution in [0.15, 0.2) is 40.9 Å². The SMILES string of the molecule is COc1cc(OC)cc(C(O)Cc2cc(F)cc(Br)c2)c1. The lowest BCUT2D eigenvalue weighted by molar-refractivity contribution is 0.177. The van der Waals surface area contributed by atoms with Gasteiger partial charge in [-0.15, -0.1) is 0 Å². The van der Waals surface area contributed by atoms with Crippen molar-refractivity contribution in [2.24, 2.45) is 0 Å². The third-order valence-corrected chi connectivity index (χ3v) is 3.57. The minimum atomic E-state index is -0.775. The summed E-state index contributed by atoms with van der Waals surface area (Å²) >= 11 is 3.24. The quantitative estimate of drug-likeness (QED) is 0.885. The molecule has 0 aliphatic rings. The zero-order chi connectivity index (χ0) is 15.4. The number of rotatable bonds is 5. The molecule has 0 saturated carbocycles. The molecule has 0 fully saturated rings. The van der Waals surface area contributed by atoms with E-state index >= 15 is 0 Å². The monoisotopic (exact) mass is 354 g/mol. The van der Waals surface area contributed by atoms with Crippen molar-refractivity contribution >= 4 is 15.9 Å². The van der Waals surface area contributed by atoms with E-state index in [0.29, 0.717) is 33.5 Å². The molecule has 5 heteroatoms. The molecule has 0 radical (unpaired) electrons. The van der Waals surface area contributed by atoms with Gasteiger partial charge >= 0.3 is 0 Å². The molecule has 21 heavy (non-hydrogen) atoms. The van der Waals surface area contributed by atoms with E-state index in [0.717, 1.165) is 0 Å². The first-order valence-electron chi connectivity index (χ1n) is 6.38. The number of hydrogen-bond donors (Lipinski definition) is 1. The highest BCUT2D eigenvalue weighted by Crippen LogP contribution is 2.28. The predicted molar refractivity (Wildman–Crippen MR) is 82.3 cm³/mol. The highest BCUT2D eigenvalue weighted by atomic mass is 79.9. The van der Waals surface area contributed by atoms with E-state index in [4.69, 9.17) is 9.47 Å². The van der Waals surface area contributed by atoms with Gasteiger partial charge in [0.05, 0.1) is 20.3 Å². The molecule has 1 atom stereocenters. The molecule has 0 aliphatic heterocycles. The Balaban J connectivity index is 2.25. The molecule has 2 rings (SSSR count). The van der Waals surface area contributed by atoms with Crippen molar-refractivity contribution in [2.45, 2.75) is 12.5 Å². The van der Waals surface area contributed by atoms with Gasteiger partial charge < -0.3 is 14.6 Å². The van der Waals surface area contributed by atoms with Gasteiger partial charge in [0.15, 0.2) is 0 Å². The number of benzene rings is 2. The number of ether oxygens (including phenoxy) is 2. The van der Waals surface area contributed by atoms with Crippen LogP contribution in [-0.2, 0) is 6.42 Å². The Bertz CT molecular complexity index is 588. The Morgan fingerprint density at radius 2 is 1.67 bits per heavy atom. The maximum atomic E-state index is 13.4. The Kier molecular flexibility index (Phi) is 5.20. The topological polar surface area (TPSA) is 38.7 Å². The van der Waals surface area contributed by atoms with Crippen molar-refractivity contribution in [2.75, 3.05) is 14.2 Å². The van der Waals surface area contributed by atoms with E-state index in [1.54, 1.807) is 38.5 Å². The van der Waals surface area contributed by atoms with Crippen LogP contribution in [0.5, 0.6) is 11.5 Å². The van der Waals surface area contributed by atoms with E-state index in [1.807, 2.05) is 0 Å². The smallest absolute Gasteiger partial charge is 0.124 e. The normalized spacial score (nSPS) is 12.0. The lowest BCUT2D eigenvalue weighted by Gasteiger charge is -2.14. The minimum Gasteiger partial charge on any atom is -0.497 e. The fourth-order valence-electron chi connectivity index (χ4n) is 2.09. The van der Waals surface area contributed by atoms with Crippen LogP contribution in [0, 0.1) is 5.82 Å². The Morgan fingerprint density at radius 1 is 1.05 bits per heavy atom. The lowest BCUT2D eigenvalue weighted by Crippen LogP contribution is -2.03. The molecule has 0 amide bonds. The van der Waals surface area contributed by atoms with Crippen LogP contribution in [0.25, 0.3) is 0 Å². The molecule has 0 aromatic heterocycles. The molecular formula is C16H16BrFO3. The second kappa shape index (κ2) is 6.91. The first kappa shape index (κ1) is 15.8. The first-order valence-corrected chi connectivity index (χ1v) is 7.17. The molecular weight excluding hydrogens is 339 g/mol. The van der Waals surface area contributed by atoms with E-state index in [2.05, 4.69) is 15.9 Å². The molecule has 112 valence electrons. The molecule has 0 heterocycles. The summed E-state index contributed by atoms with van der Waals surface area (Å²) < 4.78 is 24.4. The summed E-state index contributed by atoms with van der Waals surface area (Å²) in [6.45, 7) is 0. The number of aliphatic hydroxyl groups excluding tert-OH is 1. The summed E-state index contributed by atoms with van der Waals surface area (Å²) in [6, 6.07) is 9.78. The van der Waals surface area contributed by atoms with Gasteiger partial charge in [-0.3, -0.25) is 0 Å². The molecule has 3 nitrogen and oxygen atoms in total. The summed E-state index contributed by atoms with van der Waals surface area (Å²) in [5.41, 5.74) is 1.36. The standard InChI is InChI=1S/C16H16BrFO3/c1-20-14-6-11(7-15(9-14)21-2)16(19)5-10-3-12(17)8-13(18)4-10/h3-4,6-9,16,19H,5H2,1-2H3. The molecule has 0 aliphatic carbocycles. The van der Waals surface area contributed by atoms with E-state index in [1.165, 1.54) is 12.1 Å². The third-order valence-electron chi connectivity index (χ3n) is 3.11. The van der Waals surface area contributed by atoms with Gasteiger partial charge in [-0.05, 0) is 41.5 Å². The fourth-order valence-corrected chi connectivity index (χ4v) is 2.60. The van der Waals surface area contributed by atoms with Crippen LogP contribution in [0.4, 0.5) is 4.39 Å². The van der Waals surface area contributed by atoms with Crippen molar-refractivity contribution in [1.29, 1.82) is 0 Å². The Labute approximate surface area is 131 Å². The molecule has 0 saturated heterocycles. The van der Waals surface area contributed by atoms with Crippen LogP contribution in [0.1, 0.15) is 17.2 Å². The fraction of sp³-hybridized carbons (Fsp3) is 0.250. The van der Waals surface area contributed by atoms with E-state index in [-0.39, 0.29) is 5.82 Å². The predicted octanol–water partition coefficient (Wildman–Crippen LogP) is 3.88. The molecule has 2 aromatic carbocycles. The van der Waals surface area contributed by atoms with E-state index in [9.17, 15) is 9.50 Å². The molecule has 2 aromatic rings. The number of methoxy groups -OCH3 is 2. The van der Waals surface area contributed by atoms with E-state index < -0.39 is 6.10 Å². The lowest BCUT2D eigenvalue weighted by atomic mass is 10.0. The maximum absolute atomic E-state index is 13.4. The highest BCUT2D eigenvalue weighted by Gasteiger charge is 2.13. The van der Waals surface area contributed by atoms with Gasteiger partial charge in [0, 0.05) is 17.0 Å². The zero-order valence-corrected chi connectivity index (χ0v) is 13.4. The third kappa shape index (κ3) is 4.19. The largest absolute Gasteiger partial charge is 0.497 e. The second-order valence-corrected chi connectivity index (χ2v) is 5.56. The van der Waals surface area contributed by atoms with Gasteiger partial charge in [-0.2, -0.15) is 0 Å². The van der Waals surface area contributed by atoms with Crippen LogP contribution >= 0.6 is 15.9 Å². The molecule has 0 spiro atoms. The first-order chi connectivity index (χ1) is 10.0. The molecule has 1 unspecified atom stereocenters. The van der Waals surface area contributed by atoms with Gasteiger partial charge in [-0.1, -0.05) is 15.9 Å². The summed E-state index contributed by atoms with van der Waals surface area (Å²) in [6.07, 6.45) is -0.477. The van der Waals surface area contributed by atoms with Crippen LogP contribution in [0.2, 0.25) is 0 Å². The summed E-state index contributed by atoms with van der Waals surface area (Å²) in [7, 11) is 3.10. The average molecular weight is 355 g/mol. The van der Waals surface area contributed by atoms with Crippen molar-refractivity contribution in [3.63, 3.8) is 0 Å². The maximum Gasteiger partial charge on any atom is 0.124 e. The average Bonchev–Trinajstić information content (AvgIpc) is 2.45. The molecule has 0 bridgehead atoms. The minimum absolute atomic E-state index is 0.298. The zero-order valence-electron chi connectivity index (χ0n) is 11.8. The van der Waals surface area contributed by atoms with Crippen LogP contribution in [-0.4, -0.2) is 19.3 Å². The van der Waals surface area contributed by atoms with Gasteiger partial charge in [-0.25, -0.2) is 4.39 Å². The van der Waals surface area contributed by atoms with Gasteiger partial charge in [0.1, 0.15) is 17.3 Å². The van der Waals surface area contributed by atoms with Crippen molar-refractivity contribution in [3.05, 3.63) is 57.8 Å². The van der Waals surface area contributed by atoms with Crippen LogP contribution < -0.4 is 9.47 Å². The second-order valence-electron chi connectivity index (χ2n) is 4.64. The molecule has 1 N–H and O–H groups in total. The Morgan fingerprint density at radius 3 is 2.19 bits per heavy atom. The Hall–Kier alpha value is -1.59. The number of halogens is 2. The van der Waals surface area contributed by atoms with Crippen molar-refractivity contribution in [3.8, 4) is 11.5 Å². The summed E-state index contributed by atoms with van der Waals surface area (Å²) in [4.78, 5) is 0. The summed E-state index contributed by atoms with van der Waals surface area (Å²) in [5.74, 6) is 0.863. The van der Waals surface area contributed by atoms with Crippen molar-refractivity contribution in [1.82, 2.24) is 0 Å². The summed E-state index contributed by atoms with van der Waals surface area (Å²) in [5, 5.41) is 10.3. The number of hydrogen-bond acceptors (Lipinski definition) is 3. The highest BCUT2D eigenvalue weighted by molar-refractivity contribution is 9.10.